The molecule has 0 spiro atoms. The minimum absolute atomic E-state index is 0.564. The van der Waals surface area contributed by atoms with Gasteiger partial charge in [0, 0.05) is 24.6 Å². The Morgan fingerprint density at radius 3 is 2.72 bits per heavy atom. The fourth-order valence-electron chi connectivity index (χ4n) is 1.31. The van der Waals surface area contributed by atoms with Gasteiger partial charge in [0.25, 0.3) is 0 Å². The largest absolute Gasteiger partial charge is 0.493 e. The molecule has 0 N–H and O–H groups in total. The molecule has 1 rings (SSSR count). The lowest BCUT2D eigenvalue weighted by Crippen LogP contribution is -2.06. The lowest BCUT2D eigenvalue weighted by atomic mass is 10.2. The highest BCUT2D eigenvalue weighted by Gasteiger charge is 2.00. The highest BCUT2D eigenvalue weighted by atomic mass is 79.9. The van der Waals surface area contributed by atoms with E-state index in [0.29, 0.717) is 37.7 Å². The van der Waals surface area contributed by atoms with Crippen molar-refractivity contribution in [2.24, 2.45) is 0 Å². The SMILES string of the molecule is COCCOCCCOc1cc(Br)cc(C#N)c1. The highest BCUT2D eigenvalue weighted by molar-refractivity contribution is 9.10. The van der Waals surface area contributed by atoms with E-state index in [1.54, 1.807) is 19.2 Å². The van der Waals surface area contributed by atoms with Gasteiger partial charge in [0.15, 0.2) is 0 Å². The van der Waals surface area contributed by atoms with Gasteiger partial charge in [0.1, 0.15) is 5.75 Å². The van der Waals surface area contributed by atoms with Crippen molar-refractivity contribution in [3.05, 3.63) is 28.2 Å². The molecule has 0 aromatic heterocycles. The van der Waals surface area contributed by atoms with Crippen molar-refractivity contribution in [3.63, 3.8) is 0 Å². The van der Waals surface area contributed by atoms with Crippen LogP contribution in [-0.4, -0.2) is 33.5 Å². The predicted octanol–water partition coefficient (Wildman–Crippen LogP) is 2.75. The van der Waals surface area contributed by atoms with Crippen LogP contribution < -0.4 is 4.74 Å². The fraction of sp³-hybridized carbons (Fsp3) is 0.462. The smallest absolute Gasteiger partial charge is 0.121 e. The predicted molar refractivity (Wildman–Crippen MR) is 71.7 cm³/mol. The Morgan fingerprint density at radius 1 is 1.17 bits per heavy atom. The maximum absolute atomic E-state index is 8.82. The third kappa shape index (κ3) is 6.01. The summed E-state index contributed by atoms with van der Waals surface area (Å²) < 4.78 is 16.6. The zero-order valence-corrected chi connectivity index (χ0v) is 11.9. The summed E-state index contributed by atoms with van der Waals surface area (Å²) in [5, 5.41) is 8.82. The van der Waals surface area contributed by atoms with Gasteiger partial charge >= 0.3 is 0 Å². The van der Waals surface area contributed by atoms with E-state index in [-0.39, 0.29) is 0 Å². The molecule has 0 aliphatic carbocycles. The van der Waals surface area contributed by atoms with Crippen molar-refractivity contribution in [2.45, 2.75) is 6.42 Å². The number of hydrogen-bond acceptors (Lipinski definition) is 4. The number of nitrogens with zero attached hydrogens (tertiary/aromatic N) is 1. The van der Waals surface area contributed by atoms with Crippen LogP contribution in [0.3, 0.4) is 0 Å². The lowest BCUT2D eigenvalue weighted by molar-refractivity contribution is 0.0644. The lowest BCUT2D eigenvalue weighted by Gasteiger charge is -2.07. The van der Waals surface area contributed by atoms with Crippen molar-refractivity contribution in [1.82, 2.24) is 0 Å². The number of benzene rings is 1. The molecule has 0 amide bonds. The topological polar surface area (TPSA) is 51.5 Å². The van der Waals surface area contributed by atoms with E-state index in [0.717, 1.165) is 10.9 Å². The number of hydrogen-bond donors (Lipinski definition) is 0. The third-order valence-corrected chi connectivity index (χ3v) is 2.59. The van der Waals surface area contributed by atoms with Crippen LogP contribution in [0, 0.1) is 11.3 Å². The Balaban J connectivity index is 2.23. The van der Waals surface area contributed by atoms with Gasteiger partial charge < -0.3 is 14.2 Å². The highest BCUT2D eigenvalue weighted by Crippen LogP contribution is 2.21. The van der Waals surface area contributed by atoms with Crippen molar-refractivity contribution in [3.8, 4) is 11.8 Å². The Labute approximate surface area is 116 Å². The fourth-order valence-corrected chi connectivity index (χ4v) is 1.78. The van der Waals surface area contributed by atoms with Gasteiger partial charge in [-0.2, -0.15) is 5.26 Å². The van der Waals surface area contributed by atoms with E-state index in [1.165, 1.54) is 0 Å². The van der Waals surface area contributed by atoms with Crippen LogP contribution in [0.1, 0.15) is 12.0 Å². The summed E-state index contributed by atoms with van der Waals surface area (Å²) in [4.78, 5) is 0. The molecule has 1 aromatic carbocycles. The Hall–Kier alpha value is -1.09. The summed E-state index contributed by atoms with van der Waals surface area (Å²) in [6.45, 7) is 2.42. The molecule has 0 atom stereocenters. The molecule has 0 aliphatic rings. The zero-order valence-electron chi connectivity index (χ0n) is 10.3. The molecule has 0 radical (unpaired) electrons. The standard InChI is InChI=1S/C13H16BrNO3/c1-16-5-6-17-3-2-4-18-13-8-11(10-15)7-12(14)9-13/h7-9H,2-6H2,1H3. The molecule has 1 aromatic rings. The third-order valence-electron chi connectivity index (χ3n) is 2.13. The van der Waals surface area contributed by atoms with Gasteiger partial charge in [-0.1, -0.05) is 15.9 Å². The number of rotatable bonds is 8. The van der Waals surface area contributed by atoms with Crippen molar-refractivity contribution >= 4 is 15.9 Å². The molecule has 4 nitrogen and oxygen atoms in total. The van der Waals surface area contributed by atoms with Gasteiger partial charge in [-0.25, -0.2) is 0 Å². The van der Waals surface area contributed by atoms with E-state index in [9.17, 15) is 0 Å². The van der Waals surface area contributed by atoms with Crippen LogP contribution in [-0.2, 0) is 9.47 Å². The Bertz CT molecular complexity index is 404. The molecule has 0 unspecified atom stereocenters. The van der Waals surface area contributed by atoms with Gasteiger partial charge in [0.2, 0.25) is 0 Å². The van der Waals surface area contributed by atoms with Crippen LogP contribution >= 0.6 is 15.9 Å². The Morgan fingerprint density at radius 2 is 2.00 bits per heavy atom. The molecule has 98 valence electrons. The van der Waals surface area contributed by atoms with E-state index >= 15 is 0 Å². The molecular weight excluding hydrogens is 298 g/mol. The molecule has 0 aliphatic heterocycles. The van der Waals surface area contributed by atoms with Gasteiger partial charge in [-0.15, -0.1) is 0 Å². The van der Waals surface area contributed by atoms with Crippen LogP contribution in [0.15, 0.2) is 22.7 Å². The van der Waals surface area contributed by atoms with Crippen molar-refractivity contribution in [1.29, 1.82) is 5.26 Å². The second kappa shape index (κ2) is 8.92. The maximum atomic E-state index is 8.82. The summed E-state index contributed by atoms with van der Waals surface area (Å²) in [6.07, 6.45) is 0.804. The summed E-state index contributed by atoms with van der Waals surface area (Å²) in [5.41, 5.74) is 0.579. The molecule has 0 bridgehead atoms. The average molecular weight is 314 g/mol. The Kier molecular flexibility index (Phi) is 7.42. The first kappa shape index (κ1) is 15.0. The monoisotopic (exact) mass is 313 g/mol. The van der Waals surface area contributed by atoms with Crippen LogP contribution in [0.2, 0.25) is 0 Å². The number of halogens is 1. The normalized spacial score (nSPS) is 10.1. The van der Waals surface area contributed by atoms with Crippen LogP contribution in [0.4, 0.5) is 0 Å². The first-order valence-electron chi connectivity index (χ1n) is 5.66. The van der Waals surface area contributed by atoms with Gasteiger partial charge in [-0.05, 0) is 18.2 Å². The first-order chi connectivity index (χ1) is 8.76. The van der Waals surface area contributed by atoms with Crippen molar-refractivity contribution in [2.75, 3.05) is 33.5 Å². The summed E-state index contributed by atoms with van der Waals surface area (Å²) in [6, 6.07) is 7.39. The zero-order chi connectivity index (χ0) is 13.2. The molecule has 0 fully saturated rings. The molecule has 0 heterocycles. The minimum atomic E-state index is 0.564. The van der Waals surface area contributed by atoms with Crippen LogP contribution in [0.5, 0.6) is 5.75 Å². The maximum Gasteiger partial charge on any atom is 0.121 e. The molecular formula is C13H16BrNO3. The van der Waals surface area contributed by atoms with Crippen molar-refractivity contribution < 1.29 is 14.2 Å². The van der Waals surface area contributed by atoms with E-state index in [2.05, 4.69) is 22.0 Å². The summed E-state index contributed by atoms with van der Waals surface area (Å²) in [5.74, 6) is 0.692. The second-order valence-electron chi connectivity index (χ2n) is 3.59. The number of ether oxygens (including phenoxy) is 3. The van der Waals surface area contributed by atoms with Crippen LogP contribution in [0.25, 0.3) is 0 Å². The van der Waals surface area contributed by atoms with E-state index < -0.39 is 0 Å². The minimum Gasteiger partial charge on any atom is -0.493 e. The quantitative estimate of drug-likeness (QED) is 0.692. The molecule has 18 heavy (non-hydrogen) atoms. The van der Waals surface area contributed by atoms with Gasteiger partial charge in [-0.3, -0.25) is 0 Å². The number of methoxy groups -OCH3 is 1. The summed E-state index contributed by atoms with van der Waals surface area (Å²) in [7, 11) is 1.65. The van der Waals surface area contributed by atoms with E-state index in [4.69, 9.17) is 19.5 Å². The average Bonchev–Trinajstić information content (AvgIpc) is 2.37. The molecule has 0 saturated carbocycles. The second-order valence-corrected chi connectivity index (χ2v) is 4.51. The molecule has 5 heteroatoms. The number of nitriles is 1. The van der Waals surface area contributed by atoms with Gasteiger partial charge in [0.05, 0.1) is 31.5 Å². The molecule has 0 saturated heterocycles. The first-order valence-corrected chi connectivity index (χ1v) is 6.45. The van der Waals surface area contributed by atoms with E-state index in [1.807, 2.05) is 6.07 Å². The summed E-state index contributed by atoms with van der Waals surface area (Å²) >= 11 is 3.34.